The van der Waals surface area contributed by atoms with E-state index >= 15 is 0 Å². The smallest absolute Gasteiger partial charge is 0.335 e. The van der Waals surface area contributed by atoms with Crippen LogP contribution in [0, 0.1) is 10.1 Å². The number of hydrogen-bond acceptors (Lipinski definition) is 5. The zero-order chi connectivity index (χ0) is 17.4. The Morgan fingerprint density at radius 1 is 1.17 bits per heavy atom. The van der Waals surface area contributed by atoms with Gasteiger partial charge in [0.1, 0.15) is 0 Å². The van der Waals surface area contributed by atoms with Crippen LogP contribution >= 0.6 is 0 Å². The lowest BCUT2D eigenvalue weighted by Crippen LogP contribution is -2.07. The van der Waals surface area contributed by atoms with Crippen molar-refractivity contribution in [2.45, 2.75) is 0 Å². The molecule has 0 aliphatic rings. The number of aliphatic imine (C=N–C) groups is 1. The van der Waals surface area contributed by atoms with Gasteiger partial charge in [0.25, 0.3) is 5.69 Å². The van der Waals surface area contributed by atoms with Crippen LogP contribution in [0.15, 0.2) is 65.2 Å². The normalized spacial score (nSPS) is 11.5. The fourth-order valence-corrected chi connectivity index (χ4v) is 2.02. The maximum Gasteiger partial charge on any atom is 0.335 e. The molecule has 0 aromatic heterocycles. The van der Waals surface area contributed by atoms with E-state index in [0.717, 1.165) is 5.56 Å². The predicted molar refractivity (Wildman–Crippen MR) is 92.0 cm³/mol. The maximum absolute atomic E-state index is 11.8. The second-order valence-electron chi connectivity index (χ2n) is 4.89. The highest BCUT2D eigenvalue weighted by atomic mass is 16.6. The highest BCUT2D eigenvalue weighted by molar-refractivity contribution is 5.94. The molecule has 24 heavy (non-hydrogen) atoms. The zero-order valence-electron chi connectivity index (χ0n) is 13.1. The van der Waals surface area contributed by atoms with Crippen LogP contribution in [0.25, 0.3) is 6.08 Å². The van der Waals surface area contributed by atoms with Gasteiger partial charge in [0.2, 0.25) is 0 Å². The fraction of sp³-hybridized carbons (Fsp3) is 0.111. The van der Waals surface area contributed by atoms with Crippen LogP contribution in [0.1, 0.15) is 11.1 Å². The third-order valence-electron chi connectivity index (χ3n) is 3.17. The summed E-state index contributed by atoms with van der Waals surface area (Å²) in [5.41, 5.74) is 1.84. The third kappa shape index (κ3) is 4.88. The first-order chi connectivity index (χ1) is 11.6. The summed E-state index contributed by atoms with van der Waals surface area (Å²) in [6, 6.07) is 15.5. The molecule has 6 nitrogen and oxygen atoms in total. The first-order valence-electron chi connectivity index (χ1n) is 7.18. The second-order valence-corrected chi connectivity index (χ2v) is 4.89. The number of hydrogen-bond donors (Lipinski definition) is 0. The molecule has 2 aromatic rings. The van der Waals surface area contributed by atoms with E-state index in [9.17, 15) is 14.9 Å². The van der Waals surface area contributed by atoms with Gasteiger partial charge < -0.3 is 4.74 Å². The number of esters is 1. The molecule has 0 spiro atoms. The Morgan fingerprint density at radius 3 is 2.54 bits per heavy atom. The molecule has 0 saturated carbocycles. The minimum absolute atomic E-state index is 0.00744. The minimum atomic E-state index is -0.466. The van der Waals surface area contributed by atoms with E-state index < -0.39 is 10.9 Å². The SMILES string of the molecule is COC(=O)/C(=C/c1ccccc1)CN=Cc1cccc([N+](=O)[O-])c1. The van der Waals surface area contributed by atoms with E-state index in [2.05, 4.69) is 4.99 Å². The summed E-state index contributed by atoms with van der Waals surface area (Å²) >= 11 is 0. The van der Waals surface area contributed by atoms with Crippen LogP contribution < -0.4 is 0 Å². The standard InChI is InChI=1S/C18H16N2O4/c1-24-18(21)16(10-14-6-3-2-4-7-14)13-19-12-15-8-5-9-17(11-15)20(22)23/h2-12H,13H2,1H3/b16-10+,19-12?. The van der Waals surface area contributed by atoms with Gasteiger partial charge in [-0.25, -0.2) is 4.79 Å². The van der Waals surface area contributed by atoms with Crippen molar-refractivity contribution in [1.82, 2.24) is 0 Å². The first kappa shape index (κ1) is 17.1. The molecule has 122 valence electrons. The van der Waals surface area contributed by atoms with Crippen LogP contribution in [0.3, 0.4) is 0 Å². The van der Waals surface area contributed by atoms with Crippen LogP contribution in [-0.2, 0) is 9.53 Å². The second kappa shape index (κ2) is 8.38. The fourth-order valence-electron chi connectivity index (χ4n) is 2.02. The zero-order valence-corrected chi connectivity index (χ0v) is 13.1. The number of benzene rings is 2. The summed E-state index contributed by atoms with van der Waals surface area (Å²) in [5.74, 6) is -0.463. The van der Waals surface area contributed by atoms with Gasteiger partial charge in [-0.15, -0.1) is 0 Å². The lowest BCUT2D eigenvalue weighted by atomic mass is 10.1. The molecule has 0 saturated heterocycles. The monoisotopic (exact) mass is 324 g/mol. The lowest BCUT2D eigenvalue weighted by Gasteiger charge is -2.03. The summed E-state index contributed by atoms with van der Waals surface area (Å²) in [6.07, 6.45) is 3.20. The number of non-ortho nitro benzene ring substituents is 1. The van der Waals surface area contributed by atoms with Crippen LogP contribution in [0.4, 0.5) is 5.69 Å². The average Bonchev–Trinajstić information content (AvgIpc) is 2.61. The molecule has 0 radical (unpaired) electrons. The Labute approximate surface area is 139 Å². The molecule has 0 fully saturated rings. The van der Waals surface area contributed by atoms with Crippen LogP contribution in [0.5, 0.6) is 0 Å². The van der Waals surface area contributed by atoms with Crippen molar-refractivity contribution in [1.29, 1.82) is 0 Å². The molecule has 0 aliphatic heterocycles. The van der Waals surface area contributed by atoms with Gasteiger partial charge in [0.15, 0.2) is 0 Å². The van der Waals surface area contributed by atoms with Gasteiger partial charge in [0.05, 0.1) is 24.2 Å². The van der Waals surface area contributed by atoms with Crippen LogP contribution in [0.2, 0.25) is 0 Å². The van der Waals surface area contributed by atoms with Crippen molar-refractivity contribution in [3.63, 3.8) is 0 Å². The van der Waals surface area contributed by atoms with Gasteiger partial charge in [-0.05, 0) is 17.2 Å². The van der Waals surface area contributed by atoms with E-state index in [1.807, 2.05) is 30.3 Å². The number of rotatable bonds is 6. The summed E-state index contributed by atoms with van der Waals surface area (Å²) < 4.78 is 4.77. The summed E-state index contributed by atoms with van der Waals surface area (Å²) in [6.45, 7) is 0.115. The molecule has 0 N–H and O–H groups in total. The molecule has 0 aliphatic carbocycles. The highest BCUT2D eigenvalue weighted by Crippen LogP contribution is 2.12. The number of carbonyl (C=O) groups excluding carboxylic acids is 1. The van der Waals surface area contributed by atoms with Crippen LogP contribution in [-0.4, -0.2) is 30.8 Å². The minimum Gasteiger partial charge on any atom is -0.466 e. The van der Waals surface area contributed by atoms with E-state index in [-0.39, 0.29) is 12.2 Å². The number of nitro groups is 1. The average molecular weight is 324 g/mol. The number of nitrogens with zero attached hydrogens (tertiary/aromatic N) is 2. The molecule has 0 bridgehead atoms. The number of carbonyl (C=O) groups is 1. The maximum atomic E-state index is 11.8. The van der Waals surface area contributed by atoms with Gasteiger partial charge >= 0.3 is 5.97 Å². The number of methoxy groups -OCH3 is 1. The Kier molecular flexibility index (Phi) is 5.96. The van der Waals surface area contributed by atoms with Crippen molar-refractivity contribution in [2.75, 3.05) is 13.7 Å². The van der Waals surface area contributed by atoms with E-state index in [1.165, 1.54) is 25.5 Å². The van der Waals surface area contributed by atoms with Crippen molar-refractivity contribution < 1.29 is 14.5 Å². The van der Waals surface area contributed by atoms with Gasteiger partial charge in [-0.1, -0.05) is 42.5 Å². The van der Waals surface area contributed by atoms with Gasteiger partial charge in [0, 0.05) is 18.3 Å². The van der Waals surface area contributed by atoms with Crippen molar-refractivity contribution in [3.8, 4) is 0 Å². The van der Waals surface area contributed by atoms with Gasteiger partial charge in [-0.2, -0.15) is 0 Å². The Morgan fingerprint density at radius 2 is 1.88 bits per heavy atom. The molecular formula is C18H16N2O4. The molecule has 6 heteroatoms. The summed E-state index contributed by atoms with van der Waals surface area (Å²) in [5, 5.41) is 10.8. The molecule has 0 atom stereocenters. The first-order valence-corrected chi connectivity index (χ1v) is 7.18. The number of ether oxygens (including phenoxy) is 1. The van der Waals surface area contributed by atoms with Crippen molar-refractivity contribution >= 4 is 23.9 Å². The molecule has 0 heterocycles. The van der Waals surface area contributed by atoms with E-state index in [1.54, 1.807) is 18.2 Å². The topological polar surface area (TPSA) is 81.8 Å². The molecule has 0 unspecified atom stereocenters. The molecule has 2 aromatic carbocycles. The Hall–Kier alpha value is -3.28. The Bertz CT molecular complexity index is 783. The lowest BCUT2D eigenvalue weighted by molar-refractivity contribution is -0.384. The third-order valence-corrected chi connectivity index (χ3v) is 3.17. The van der Waals surface area contributed by atoms with E-state index in [4.69, 9.17) is 4.74 Å². The quantitative estimate of drug-likeness (QED) is 0.268. The van der Waals surface area contributed by atoms with Crippen molar-refractivity contribution in [2.24, 2.45) is 4.99 Å². The molecular weight excluding hydrogens is 308 g/mol. The predicted octanol–water partition coefficient (Wildman–Crippen LogP) is 3.27. The largest absolute Gasteiger partial charge is 0.466 e. The Balaban J connectivity index is 2.16. The van der Waals surface area contributed by atoms with E-state index in [0.29, 0.717) is 11.1 Å². The summed E-state index contributed by atoms with van der Waals surface area (Å²) in [7, 11) is 1.31. The molecule has 2 rings (SSSR count). The van der Waals surface area contributed by atoms with Gasteiger partial charge in [-0.3, -0.25) is 15.1 Å². The number of nitro benzene ring substituents is 1. The highest BCUT2D eigenvalue weighted by Gasteiger charge is 2.09. The summed E-state index contributed by atoms with van der Waals surface area (Å²) in [4.78, 5) is 26.3. The molecule has 0 amide bonds. The van der Waals surface area contributed by atoms with Crippen molar-refractivity contribution in [3.05, 3.63) is 81.4 Å².